The predicted octanol–water partition coefficient (Wildman–Crippen LogP) is 2.50. The van der Waals surface area contributed by atoms with Crippen molar-refractivity contribution in [2.75, 3.05) is 19.4 Å². The highest BCUT2D eigenvalue weighted by molar-refractivity contribution is 6.24. The van der Waals surface area contributed by atoms with Gasteiger partial charge in [0, 0.05) is 17.1 Å². The van der Waals surface area contributed by atoms with Crippen LogP contribution in [0.15, 0.2) is 64.0 Å². The molecular formula is C30H27FN4O8. The Hall–Kier alpha value is -5.01. The zero-order chi connectivity index (χ0) is 31.0. The van der Waals surface area contributed by atoms with Gasteiger partial charge in [-0.2, -0.15) is 4.98 Å². The first-order valence-corrected chi connectivity index (χ1v) is 13.3. The number of hydrogen-bond donors (Lipinski definition) is 6. The Morgan fingerprint density at radius 1 is 1.14 bits per heavy atom. The Morgan fingerprint density at radius 2 is 1.84 bits per heavy atom. The number of nitrogens with one attached hydrogen (secondary N) is 1. The average Bonchev–Trinajstić information content (AvgIpc) is 3.41. The predicted molar refractivity (Wildman–Crippen MR) is 149 cm³/mol. The van der Waals surface area contributed by atoms with Crippen molar-refractivity contribution < 1.29 is 43.6 Å². The Balaban J connectivity index is 1.40. The highest BCUT2D eigenvalue weighted by atomic mass is 19.1. The Morgan fingerprint density at radius 3 is 2.49 bits per heavy atom. The van der Waals surface area contributed by atoms with Gasteiger partial charge < -0.3 is 35.9 Å². The standard InChI is InChI=1S/C30H27FN4O8/c1-35(2)22-16-10-14-9-13-5-8-17(33-29-34-18(11-43-29)12-3-6-15(31)7-4-12)23(36)19(13)24(37)20(14)26(39)30(16,42)27(40)21(25(22)38)28(32)41/h3-8,11,14,16,22,36-37,40,42H,9-10H2,1-2H3,(H2,32,41)(H,33,34)/t14-,16-,22-,30-/m1/s1. The van der Waals surface area contributed by atoms with Crippen LogP contribution in [0.3, 0.4) is 0 Å². The number of aliphatic hydroxyl groups is 3. The number of nitrogens with two attached hydrogens (primary N) is 1. The summed E-state index contributed by atoms with van der Waals surface area (Å²) < 4.78 is 18.7. The van der Waals surface area contributed by atoms with E-state index in [0.717, 1.165) is 0 Å². The molecule has 0 bridgehead atoms. The Labute approximate surface area is 243 Å². The number of hydrogen-bond acceptors (Lipinski definition) is 11. The fourth-order valence-corrected chi connectivity index (χ4v) is 6.52. The third kappa shape index (κ3) is 4.11. The lowest BCUT2D eigenvalue weighted by Crippen LogP contribution is -2.65. The number of halogens is 1. The quantitative estimate of drug-likeness (QED) is 0.188. The van der Waals surface area contributed by atoms with E-state index in [2.05, 4.69) is 10.3 Å². The molecular weight excluding hydrogens is 563 g/mol. The number of aliphatic hydroxyl groups excluding tert-OH is 2. The van der Waals surface area contributed by atoms with Gasteiger partial charge in [0.2, 0.25) is 5.78 Å². The second-order valence-electron chi connectivity index (χ2n) is 11.1. The van der Waals surface area contributed by atoms with Crippen molar-refractivity contribution in [2.45, 2.75) is 24.5 Å². The summed E-state index contributed by atoms with van der Waals surface area (Å²) >= 11 is 0. The maximum Gasteiger partial charge on any atom is 0.299 e. The van der Waals surface area contributed by atoms with E-state index in [-0.39, 0.29) is 35.7 Å². The number of nitrogens with zero attached hydrogens (tertiary/aromatic N) is 2. The van der Waals surface area contributed by atoms with Crippen LogP contribution < -0.4 is 11.1 Å². The number of benzene rings is 2. The molecule has 13 heteroatoms. The number of Topliss-reactive ketones (excluding diaryl/α,β-unsaturated/α-hetero) is 2. The summed E-state index contributed by atoms with van der Waals surface area (Å²) in [5.74, 6) is -7.64. The normalized spacial score (nSPS) is 25.0. The topological polar surface area (TPSA) is 199 Å². The average molecular weight is 591 g/mol. The molecule has 3 aromatic rings. The number of ketones is 2. The highest BCUT2D eigenvalue weighted by Crippen LogP contribution is 2.53. The van der Waals surface area contributed by atoms with Crippen LogP contribution in [0.2, 0.25) is 0 Å². The fraction of sp³-hybridized carbons (Fsp3) is 0.267. The van der Waals surface area contributed by atoms with Gasteiger partial charge >= 0.3 is 0 Å². The van der Waals surface area contributed by atoms with Gasteiger partial charge in [-0.3, -0.25) is 19.3 Å². The van der Waals surface area contributed by atoms with Gasteiger partial charge in [-0.05, 0) is 68.8 Å². The van der Waals surface area contributed by atoms with Crippen molar-refractivity contribution in [1.82, 2.24) is 9.88 Å². The number of amides is 1. The summed E-state index contributed by atoms with van der Waals surface area (Å²) in [5.41, 5.74) is 2.98. The highest BCUT2D eigenvalue weighted by Gasteiger charge is 2.64. The number of rotatable bonds is 5. The Bertz CT molecular complexity index is 1780. The van der Waals surface area contributed by atoms with Gasteiger partial charge in [0.15, 0.2) is 11.4 Å². The van der Waals surface area contributed by atoms with E-state index < -0.39 is 69.6 Å². The number of primary amides is 1. The molecule has 1 heterocycles. The Kier molecular flexibility index (Phi) is 6.40. The first-order valence-electron chi connectivity index (χ1n) is 13.3. The molecule has 3 aliphatic rings. The molecule has 0 saturated heterocycles. The number of carbonyl (C=O) groups is 3. The second kappa shape index (κ2) is 9.78. The summed E-state index contributed by atoms with van der Waals surface area (Å²) in [6.07, 6.45) is 1.49. The largest absolute Gasteiger partial charge is 0.508 e. The molecule has 2 aromatic carbocycles. The van der Waals surface area contributed by atoms with E-state index in [9.17, 15) is 39.2 Å². The smallest absolute Gasteiger partial charge is 0.299 e. The lowest BCUT2D eigenvalue weighted by molar-refractivity contribution is -0.153. The van der Waals surface area contributed by atoms with Crippen molar-refractivity contribution in [1.29, 1.82) is 0 Å². The molecule has 0 spiro atoms. The van der Waals surface area contributed by atoms with Crippen LogP contribution in [-0.4, -0.2) is 73.5 Å². The van der Waals surface area contributed by atoms with Crippen LogP contribution >= 0.6 is 0 Å². The minimum atomic E-state index is -2.72. The molecule has 1 amide bonds. The molecule has 0 radical (unpaired) electrons. The number of carbonyl (C=O) groups excluding carboxylic acids is 3. The number of anilines is 2. The molecule has 1 aromatic heterocycles. The molecule has 43 heavy (non-hydrogen) atoms. The number of phenols is 1. The van der Waals surface area contributed by atoms with E-state index in [1.807, 2.05) is 0 Å². The van der Waals surface area contributed by atoms with Crippen molar-refractivity contribution in [3.05, 3.63) is 76.5 Å². The molecule has 1 saturated carbocycles. The van der Waals surface area contributed by atoms with Crippen molar-refractivity contribution >= 4 is 34.9 Å². The number of phenolic OH excluding ortho intramolecular Hbond substituents is 1. The first-order chi connectivity index (χ1) is 20.3. The summed E-state index contributed by atoms with van der Waals surface area (Å²) in [4.78, 5) is 45.0. The van der Waals surface area contributed by atoms with E-state index >= 15 is 0 Å². The monoisotopic (exact) mass is 590 g/mol. The van der Waals surface area contributed by atoms with Crippen molar-refractivity contribution in [2.24, 2.45) is 17.6 Å². The number of aromatic nitrogens is 1. The van der Waals surface area contributed by atoms with Gasteiger partial charge in [-0.25, -0.2) is 4.39 Å². The lowest BCUT2D eigenvalue weighted by Gasteiger charge is -2.50. The molecule has 6 rings (SSSR count). The van der Waals surface area contributed by atoms with E-state index in [1.165, 1.54) is 55.6 Å². The van der Waals surface area contributed by atoms with Crippen LogP contribution in [0.1, 0.15) is 17.5 Å². The number of oxazole rings is 1. The van der Waals surface area contributed by atoms with Crippen LogP contribution in [0.4, 0.5) is 16.1 Å². The minimum Gasteiger partial charge on any atom is -0.508 e. The molecule has 0 unspecified atom stereocenters. The summed E-state index contributed by atoms with van der Waals surface area (Å²) in [5, 5.41) is 48.1. The summed E-state index contributed by atoms with van der Waals surface area (Å²) in [6, 6.07) is 7.60. The second-order valence-corrected chi connectivity index (χ2v) is 11.1. The molecule has 0 aliphatic heterocycles. The molecule has 12 nitrogen and oxygen atoms in total. The van der Waals surface area contributed by atoms with Crippen LogP contribution in [0.5, 0.6) is 5.75 Å². The van der Waals surface area contributed by atoms with E-state index in [1.54, 1.807) is 6.07 Å². The SMILES string of the molecule is CN(C)[C@H]1C(=O)C(C(N)=O)=C(O)[C@]2(O)C(=O)C3=C(O)c4c(ccc(Nc5nc(-c6ccc(F)cc6)co5)c4O)C[C@@H]3C[C@H]12. The van der Waals surface area contributed by atoms with E-state index in [4.69, 9.17) is 10.2 Å². The lowest BCUT2D eigenvalue weighted by atomic mass is 9.57. The third-order valence-corrected chi connectivity index (χ3v) is 8.48. The van der Waals surface area contributed by atoms with Gasteiger partial charge in [-0.15, -0.1) is 0 Å². The minimum absolute atomic E-state index is 0.00496. The number of likely N-dealkylation sites (N-methyl/N-ethyl adjacent to an activating group) is 1. The molecule has 3 aliphatic carbocycles. The van der Waals surface area contributed by atoms with Gasteiger partial charge in [0.05, 0.1) is 17.3 Å². The molecule has 222 valence electrons. The van der Waals surface area contributed by atoms with E-state index in [0.29, 0.717) is 16.8 Å². The van der Waals surface area contributed by atoms with Crippen molar-refractivity contribution in [3.63, 3.8) is 0 Å². The van der Waals surface area contributed by atoms with Crippen LogP contribution in [-0.2, 0) is 20.8 Å². The summed E-state index contributed by atoms with van der Waals surface area (Å²) in [6.45, 7) is 0. The van der Waals surface area contributed by atoms with Crippen LogP contribution in [0.25, 0.3) is 17.0 Å². The first kappa shape index (κ1) is 28.1. The molecule has 4 atom stereocenters. The zero-order valence-corrected chi connectivity index (χ0v) is 23.0. The fourth-order valence-electron chi connectivity index (χ4n) is 6.52. The maximum absolute atomic E-state index is 13.9. The maximum atomic E-state index is 13.9. The van der Waals surface area contributed by atoms with Gasteiger partial charge in [0.1, 0.15) is 40.6 Å². The molecule has 1 fully saturated rings. The van der Waals surface area contributed by atoms with Crippen LogP contribution in [0, 0.1) is 17.7 Å². The van der Waals surface area contributed by atoms with Gasteiger partial charge in [0.25, 0.3) is 11.9 Å². The van der Waals surface area contributed by atoms with Gasteiger partial charge in [-0.1, -0.05) is 6.07 Å². The molecule has 7 N–H and O–H groups in total. The number of fused-ring (bicyclic) bond motifs is 3. The summed E-state index contributed by atoms with van der Waals surface area (Å²) in [7, 11) is 3.08. The third-order valence-electron chi connectivity index (χ3n) is 8.48. The zero-order valence-electron chi connectivity index (χ0n) is 23.0. The van der Waals surface area contributed by atoms with Crippen molar-refractivity contribution in [3.8, 4) is 17.0 Å². The number of aromatic hydroxyl groups is 1.